The van der Waals surface area contributed by atoms with Crippen LogP contribution in [0.3, 0.4) is 0 Å². The molecular formula is C18H17ClN4O4S. The first-order chi connectivity index (χ1) is 13.4. The molecule has 1 aromatic carbocycles. The van der Waals surface area contributed by atoms with Gasteiger partial charge in [-0.05, 0) is 48.6 Å². The minimum absolute atomic E-state index is 0.0648. The number of hydrogen-bond acceptors (Lipinski definition) is 5. The number of hydrogen-bond donors (Lipinski definition) is 3. The molecule has 3 amide bonds. The summed E-state index contributed by atoms with van der Waals surface area (Å²) in [6.07, 6.45) is 1.63. The minimum atomic E-state index is -0.523. The Hall–Kier alpha value is -2.91. The fraction of sp³-hybridized carbons (Fsp3) is 0.222. The number of thiocarbonyl (C=S) groups is 1. The lowest BCUT2D eigenvalue weighted by Gasteiger charge is -2.16. The smallest absolute Gasteiger partial charge is 0.257 e. The van der Waals surface area contributed by atoms with Crippen LogP contribution in [-0.4, -0.2) is 34.3 Å². The monoisotopic (exact) mass is 420 g/mol. The molecule has 28 heavy (non-hydrogen) atoms. The Morgan fingerprint density at radius 1 is 1.21 bits per heavy atom. The molecular weight excluding hydrogens is 404 g/mol. The lowest BCUT2D eigenvalue weighted by molar-refractivity contribution is -0.129. The Labute approximate surface area is 171 Å². The number of rotatable bonds is 4. The molecule has 1 saturated heterocycles. The van der Waals surface area contributed by atoms with Crippen molar-refractivity contribution in [1.29, 1.82) is 0 Å². The fourth-order valence-electron chi connectivity index (χ4n) is 2.72. The van der Waals surface area contributed by atoms with Gasteiger partial charge in [-0.25, -0.2) is 0 Å². The second kappa shape index (κ2) is 8.85. The molecule has 2 aromatic rings. The zero-order chi connectivity index (χ0) is 20.1. The summed E-state index contributed by atoms with van der Waals surface area (Å²) >= 11 is 10.8. The molecule has 1 aliphatic heterocycles. The number of halogens is 1. The van der Waals surface area contributed by atoms with E-state index in [2.05, 4.69) is 16.2 Å². The van der Waals surface area contributed by atoms with Crippen molar-refractivity contribution in [3.05, 3.63) is 59.0 Å². The van der Waals surface area contributed by atoms with Crippen molar-refractivity contribution < 1.29 is 18.8 Å². The second-order valence-electron chi connectivity index (χ2n) is 6.16. The van der Waals surface area contributed by atoms with E-state index >= 15 is 0 Å². The number of carbonyl (C=O) groups excluding carboxylic acids is 3. The van der Waals surface area contributed by atoms with Gasteiger partial charge in [0.25, 0.3) is 5.91 Å². The predicted molar refractivity (Wildman–Crippen MR) is 105 cm³/mol. The molecule has 1 fully saturated rings. The largest absolute Gasteiger partial charge is 0.467 e. The van der Waals surface area contributed by atoms with Gasteiger partial charge >= 0.3 is 0 Å². The molecule has 3 rings (SSSR count). The Bertz CT molecular complexity index is 886. The third-order valence-corrected chi connectivity index (χ3v) is 4.60. The van der Waals surface area contributed by atoms with Gasteiger partial charge in [-0.3, -0.25) is 30.6 Å². The second-order valence-corrected chi connectivity index (χ2v) is 7.00. The van der Waals surface area contributed by atoms with Gasteiger partial charge in [0.2, 0.25) is 11.8 Å². The van der Waals surface area contributed by atoms with Crippen LogP contribution in [0.2, 0.25) is 5.02 Å². The normalized spacial score (nSPS) is 16.0. The molecule has 1 atom stereocenters. The number of furan rings is 1. The Balaban J connectivity index is 1.44. The topological polar surface area (TPSA) is 104 Å². The molecule has 0 saturated carbocycles. The maximum atomic E-state index is 12.3. The van der Waals surface area contributed by atoms with Crippen LogP contribution >= 0.6 is 23.8 Å². The molecule has 0 bridgehead atoms. The van der Waals surface area contributed by atoms with E-state index in [1.165, 1.54) is 6.26 Å². The Morgan fingerprint density at radius 2 is 1.96 bits per heavy atom. The van der Waals surface area contributed by atoms with E-state index in [-0.39, 0.29) is 24.0 Å². The summed E-state index contributed by atoms with van der Waals surface area (Å²) in [4.78, 5) is 38.0. The van der Waals surface area contributed by atoms with Gasteiger partial charge < -0.3 is 9.32 Å². The van der Waals surface area contributed by atoms with Crippen molar-refractivity contribution in [1.82, 2.24) is 21.1 Å². The number of amides is 3. The minimum Gasteiger partial charge on any atom is -0.467 e. The van der Waals surface area contributed by atoms with Crippen LogP contribution in [0.5, 0.6) is 0 Å². The number of hydrazine groups is 1. The third kappa shape index (κ3) is 5.08. The van der Waals surface area contributed by atoms with Crippen LogP contribution in [0.15, 0.2) is 47.1 Å². The van der Waals surface area contributed by atoms with Crippen LogP contribution in [0, 0.1) is 5.92 Å². The Morgan fingerprint density at radius 3 is 2.64 bits per heavy atom. The summed E-state index contributed by atoms with van der Waals surface area (Å²) in [6.45, 7) is 0.593. The zero-order valence-electron chi connectivity index (χ0n) is 14.6. The number of likely N-dealkylation sites (tertiary alicyclic amines) is 1. The van der Waals surface area contributed by atoms with E-state index in [0.717, 1.165) is 0 Å². The molecule has 0 spiro atoms. The summed E-state index contributed by atoms with van der Waals surface area (Å²) in [7, 11) is 0. The van der Waals surface area contributed by atoms with E-state index in [1.54, 1.807) is 41.3 Å². The van der Waals surface area contributed by atoms with E-state index in [1.807, 2.05) is 0 Å². The summed E-state index contributed by atoms with van der Waals surface area (Å²) in [5, 5.41) is 2.89. The standard InChI is InChI=1S/C18H17ClN4O4S/c19-13-5-3-11(4-6-13)16(25)20-18(28)22-21-17(26)12-8-15(24)23(9-12)10-14-2-1-7-27-14/h1-7,12H,8-10H2,(H,21,26)(H2,20,22,25,28). The lowest BCUT2D eigenvalue weighted by atomic mass is 10.1. The molecule has 1 aliphatic rings. The first-order valence-corrected chi connectivity index (χ1v) is 9.18. The van der Waals surface area contributed by atoms with E-state index in [0.29, 0.717) is 22.9 Å². The molecule has 2 heterocycles. The summed E-state index contributed by atoms with van der Waals surface area (Å²) in [5.74, 6) is -0.832. The van der Waals surface area contributed by atoms with Gasteiger partial charge in [0, 0.05) is 23.6 Å². The van der Waals surface area contributed by atoms with Gasteiger partial charge in [-0.15, -0.1) is 0 Å². The van der Waals surface area contributed by atoms with Crippen molar-refractivity contribution >= 4 is 46.7 Å². The number of nitrogens with one attached hydrogen (secondary N) is 3. The molecule has 3 N–H and O–H groups in total. The maximum Gasteiger partial charge on any atom is 0.257 e. The van der Waals surface area contributed by atoms with Gasteiger partial charge in [0.15, 0.2) is 5.11 Å². The van der Waals surface area contributed by atoms with Crippen LogP contribution in [-0.2, 0) is 16.1 Å². The molecule has 146 valence electrons. The molecule has 1 unspecified atom stereocenters. The van der Waals surface area contributed by atoms with Crippen LogP contribution in [0.4, 0.5) is 0 Å². The highest BCUT2D eigenvalue weighted by molar-refractivity contribution is 7.80. The predicted octanol–water partition coefficient (Wildman–Crippen LogP) is 1.62. The number of nitrogens with zero attached hydrogens (tertiary/aromatic N) is 1. The van der Waals surface area contributed by atoms with Crippen molar-refractivity contribution in [2.24, 2.45) is 5.92 Å². The van der Waals surface area contributed by atoms with E-state index in [9.17, 15) is 14.4 Å². The third-order valence-electron chi connectivity index (χ3n) is 4.14. The molecule has 10 heteroatoms. The van der Waals surface area contributed by atoms with Crippen LogP contribution < -0.4 is 16.2 Å². The van der Waals surface area contributed by atoms with Gasteiger partial charge in [0.1, 0.15) is 5.76 Å². The highest BCUT2D eigenvalue weighted by Crippen LogP contribution is 2.20. The maximum absolute atomic E-state index is 12.3. The quantitative estimate of drug-likeness (QED) is 0.513. The van der Waals surface area contributed by atoms with Crippen LogP contribution in [0.25, 0.3) is 0 Å². The van der Waals surface area contributed by atoms with Gasteiger partial charge in [-0.1, -0.05) is 11.6 Å². The van der Waals surface area contributed by atoms with E-state index in [4.69, 9.17) is 28.2 Å². The van der Waals surface area contributed by atoms with Crippen molar-refractivity contribution in [2.45, 2.75) is 13.0 Å². The molecule has 1 aromatic heterocycles. The first kappa shape index (κ1) is 19.8. The summed E-state index contributed by atoms with van der Waals surface area (Å²) in [6, 6.07) is 9.78. The molecule has 0 radical (unpaired) electrons. The van der Waals surface area contributed by atoms with Crippen molar-refractivity contribution in [3.63, 3.8) is 0 Å². The van der Waals surface area contributed by atoms with Crippen LogP contribution in [0.1, 0.15) is 22.5 Å². The first-order valence-electron chi connectivity index (χ1n) is 8.39. The van der Waals surface area contributed by atoms with Crippen molar-refractivity contribution in [2.75, 3.05) is 6.54 Å². The lowest BCUT2D eigenvalue weighted by Crippen LogP contribution is -2.50. The fourth-order valence-corrected chi connectivity index (χ4v) is 2.99. The van der Waals surface area contributed by atoms with Gasteiger partial charge in [-0.2, -0.15) is 0 Å². The zero-order valence-corrected chi connectivity index (χ0v) is 16.2. The highest BCUT2D eigenvalue weighted by Gasteiger charge is 2.34. The van der Waals surface area contributed by atoms with Gasteiger partial charge in [0.05, 0.1) is 18.7 Å². The highest BCUT2D eigenvalue weighted by atomic mass is 35.5. The SMILES string of the molecule is O=C(NC(=S)NNC(=O)C1CC(=O)N(Cc2ccco2)C1)c1ccc(Cl)cc1. The average molecular weight is 421 g/mol. The summed E-state index contributed by atoms with van der Waals surface area (Å²) in [5.41, 5.74) is 5.26. The van der Waals surface area contributed by atoms with E-state index < -0.39 is 17.7 Å². The Kier molecular flexibility index (Phi) is 6.27. The van der Waals surface area contributed by atoms with Crippen molar-refractivity contribution in [3.8, 4) is 0 Å². The number of carbonyl (C=O) groups is 3. The molecule has 8 nitrogen and oxygen atoms in total. The summed E-state index contributed by atoms with van der Waals surface area (Å²) < 4.78 is 5.23. The number of benzene rings is 1. The average Bonchev–Trinajstić information content (AvgIpc) is 3.31. The molecule has 0 aliphatic carbocycles.